The fraction of sp³-hybridized carbons (Fsp3) is 0.500. The molecule has 1 atom stereocenters. The van der Waals surface area contributed by atoms with Crippen molar-refractivity contribution in [1.29, 1.82) is 0 Å². The number of rotatable bonds is 3. The summed E-state index contributed by atoms with van der Waals surface area (Å²) in [5.41, 5.74) is 2.43. The van der Waals surface area contributed by atoms with E-state index in [2.05, 4.69) is 19.2 Å². The van der Waals surface area contributed by atoms with Crippen molar-refractivity contribution in [2.24, 2.45) is 0 Å². The van der Waals surface area contributed by atoms with E-state index in [0.29, 0.717) is 6.04 Å². The zero-order valence-electron chi connectivity index (χ0n) is 10.8. The summed E-state index contributed by atoms with van der Waals surface area (Å²) in [7, 11) is 0. The molecule has 0 bridgehead atoms. The van der Waals surface area contributed by atoms with Gasteiger partial charge in [0.2, 0.25) is 0 Å². The summed E-state index contributed by atoms with van der Waals surface area (Å²) >= 11 is 1.79. The van der Waals surface area contributed by atoms with Crippen molar-refractivity contribution in [3.8, 4) is 10.8 Å². The quantitative estimate of drug-likeness (QED) is 0.916. The lowest BCUT2D eigenvalue weighted by Gasteiger charge is -2.21. The first kappa shape index (κ1) is 11.9. The number of fused-ring (bicyclic) bond motifs is 1. The molecule has 0 radical (unpaired) electrons. The Kier molecular flexibility index (Phi) is 3.22. The lowest BCUT2D eigenvalue weighted by Crippen LogP contribution is -2.23. The van der Waals surface area contributed by atoms with Gasteiger partial charge in [-0.1, -0.05) is 6.92 Å². The molecular weight excluding hydrogens is 244 g/mol. The number of nitrogens with zero attached hydrogens (tertiary/aromatic N) is 1. The van der Waals surface area contributed by atoms with Gasteiger partial charge < -0.3 is 9.73 Å². The van der Waals surface area contributed by atoms with Gasteiger partial charge in [0.25, 0.3) is 0 Å². The van der Waals surface area contributed by atoms with E-state index in [-0.39, 0.29) is 0 Å². The fourth-order valence-corrected chi connectivity index (χ4v) is 3.82. The maximum absolute atomic E-state index is 5.55. The van der Waals surface area contributed by atoms with Crippen LogP contribution in [0.15, 0.2) is 16.7 Å². The normalized spacial score (nSPS) is 18.9. The number of hydrogen-bond donors (Lipinski definition) is 1. The number of nitrogens with one attached hydrogen (secondary N) is 1. The first-order valence-corrected chi connectivity index (χ1v) is 7.38. The molecule has 2 aromatic heterocycles. The fourth-order valence-electron chi connectivity index (χ4n) is 2.55. The van der Waals surface area contributed by atoms with Gasteiger partial charge in [-0.2, -0.15) is 0 Å². The summed E-state index contributed by atoms with van der Waals surface area (Å²) in [6, 6.07) is 2.48. The minimum absolute atomic E-state index is 0.486. The van der Waals surface area contributed by atoms with Crippen LogP contribution in [0.2, 0.25) is 0 Å². The zero-order valence-corrected chi connectivity index (χ0v) is 11.6. The second kappa shape index (κ2) is 4.86. The van der Waals surface area contributed by atoms with Crippen molar-refractivity contribution in [3.05, 3.63) is 28.5 Å². The second-order valence-electron chi connectivity index (χ2n) is 4.77. The molecule has 0 aliphatic heterocycles. The second-order valence-corrected chi connectivity index (χ2v) is 5.80. The van der Waals surface area contributed by atoms with Crippen molar-refractivity contribution < 1.29 is 4.42 Å². The van der Waals surface area contributed by atoms with Crippen molar-refractivity contribution in [2.45, 2.75) is 39.2 Å². The highest BCUT2D eigenvalue weighted by atomic mass is 32.1. The summed E-state index contributed by atoms with van der Waals surface area (Å²) in [6.45, 7) is 5.24. The molecule has 2 heterocycles. The molecule has 0 saturated carbocycles. The number of aryl methyl sites for hydroxylation is 2. The van der Waals surface area contributed by atoms with Gasteiger partial charge in [-0.25, -0.2) is 4.98 Å². The molecule has 18 heavy (non-hydrogen) atoms. The van der Waals surface area contributed by atoms with Crippen molar-refractivity contribution in [1.82, 2.24) is 10.3 Å². The van der Waals surface area contributed by atoms with Crippen LogP contribution in [0, 0.1) is 6.92 Å². The molecule has 0 fully saturated rings. The van der Waals surface area contributed by atoms with Crippen LogP contribution in [0.1, 0.15) is 41.9 Å². The van der Waals surface area contributed by atoms with Crippen molar-refractivity contribution in [3.63, 3.8) is 0 Å². The van der Waals surface area contributed by atoms with Gasteiger partial charge >= 0.3 is 0 Å². The van der Waals surface area contributed by atoms with E-state index in [9.17, 15) is 0 Å². The highest BCUT2D eigenvalue weighted by Crippen LogP contribution is 2.38. The molecule has 3 rings (SSSR count). The lowest BCUT2D eigenvalue weighted by atomic mass is 9.98. The molecule has 1 unspecified atom stereocenters. The number of hydrogen-bond acceptors (Lipinski definition) is 4. The predicted octanol–water partition coefficient (Wildman–Crippen LogP) is 3.70. The molecule has 0 saturated heterocycles. The summed E-state index contributed by atoms with van der Waals surface area (Å²) in [6.07, 6.45) is 5.30. The molecule has 96 valence electrons. The third-order valence-electron chi connectivity index (χ3n) is 3.46. The van der Waals surface area contributed by atoms with E-state index in [1.165, 1.54) is 29.0 Å². The molecule has 3 nitrogen and oxygen atoms in total. The smallest absolute Gasteiger partial charge is 0.165 e. The van der Waals surface area contributed by atoms with Gasteiger partial charge in [0.1, 0.15) is 0 Å². The minimum atomic E-state index is 0.486. The molecule has 0 spiro atoms. The minimum Gasteiger partial charge on any atom is -0.462 e. The SMILES string of the molecule is CCNC1CCCc2nc(-c3occc3C)sc21. The maximum atomic E-state index is 5.55. The van der Waals surface area contributed by atoms with E-state index in [4.69, 9.17) is 9.40 Å². The number of thiazole rings is 1. The van der Waals surface area contributed by atoms with Crippen LogP contribution in [0.3, 0.4) is 0 Å². The van der Waals surface area contributed by atoms with Gasteiger partial charge in [0, 0.05) is 10.9 Å². The molecule has 4 heteroatoms. The standard InChI is InChI=1S/C14H18N2OS/c1-3-15-10-5-4-6-11-13(10)18-14(16-11)12-9(2)7-8-17-12/h7-8,10,15H,3-6H2,1-2H3. The Morgan fingerprint density at radius 1 is 1.56 bits per heavy atom. The largest absolute Gasteiger partial charge is 0.462 e. The van der Waals surface area contributed by atoms with Crippen LogP contribution in [0.4, 0.5) is 0 Å². The highest BCUT2D eigenvalue weighted by molar-refractivity contribution is 7.15. The molecule has 0 aromatic carbocycles. The predicted molar refractivity (Wildman–Crippen MR) is 73.9 cm³/mol. The van der Waals surface area contributed by atoms with Gasteiger partial charge in [-0.05, 0) is 44.4 Å². The summed E-state index contributed by atoms with van der Waals surface area (Å²) in [5, 5.41) is 4.59. The average Bonchev–Trinajstić information content (AvgIpc) is 2.95. The highest BCUT2D eigenvalue weighted by Gasteiger charge is 2.25. The molecule has 1 aliphatic rings. The Labute approximate surface area is 111 Å². The van der Waals surface area contributed by atoms with E-state index in [1.807, 2.05) is 6.07 Å². The lowest BCUT2D eigenvalue weighted by molar-refractivity contribution is 0.476. The van der Waals surface area contributed by atoms with E-state index >= 15 is 0 Å². The van der Waals surface area contributed by atoms with Crippen LogP contribution in [0.25, 0.3) is 10.8 Å². The first-order chi connectivity index (χ1) is 8.79. The summed E-state index contributed by atoms with van der Waals surface area (Å²) in [5.74, 6) is 0.935. The number of furan rings is 1. The molecule has 2 aromatic rings. The third kappa shape index (κ3) is 1.99. The monoisotopic (exact) mass is 262 g/mol. The zero-order chi connectivity index (χ0) is 12.5. The first-order valence-electron chi connectivity index (χ1n) is 6.57. The third-order valence-corrected chi connectivity index (χ3v) is 4.67. The van der Waals surface area contributed by atoms with Gasteiger partial charge in [-0.15, -0.1) is 11.3 Å². The Hall–Kier alpha value is -1.13. The average molecular weight is 262 g/mol. The molecule has 0 amide bonds. The number of aromatic nitrogens is 1. The van der Waals surface area contributed by atoms with Crippen molar-refractivity contribution in [2.75, 3.05) is 6.54 Å². The Morgan fingerprint density at radius 2 is 2.44 bits per heavy atom. The Bertz CT molecular complexity index is 544. The molecule has 1 aliphatic carbocycles. The molecule has 1 N–H and O–H groups in total. The van der Waals surface area contributed by atoms with Gasteiger partial charge in [0.15, 0.2) is 10.8 Å². The van der Waals surface area contributed by atoms with Crippen LogP contribution in [-0.4, -0.2) is 11.5 Å². The Morgan fingerprint density at radius 3 is 3.17 bits per heavy atom. The van der Waals surface area contributed by atoms with Crippen molar-refractivity contribution >= 4 is 11.3 Å². The van der Waals surface area contributed by atoms with Crippen LogP contribution in [-0.2, 0) is 6.42 Å². The van der Waals surface area contributed by atoms with Gasteiger partial charge in [0.05, 0.1) is 12.0 Å². The van der Waals surface area contributed by atoms with Crippen LogP contribution < -0.4 is 5.32 Å². The summed E-state index contributed by atoms with van der Waals surface area (Å²) < 4.78 is 5.55. The Balaban J connectivity index is 1.98. The maximum Gasteiger partial charge on any atom is 0.165 e. The van der Waals surface area contributed by atoms with Crippen LogP contribution in [0.5, 0.6) is 0 Å². The molecular formula is C14H18N2OS. The topological polar surface area (TPSA) is 38.1 Å². The van der Waals surface area contributed by atoms with E-state index in [1.54, 1.807) is 17.6 Å². The van der Waals surface area contributed by atoms with E-state index < -0.39 is 0 Å². The van der Waals surface area contributed by atoms with E-state index in [0.717, 1.165) is 23.7 Å². The van der Waals surface area contributed by atoms with Gasteiger partial charge in [-0.3, -0.25) is 0 Å². The summed E-state index contributed by atoms with van der Waals surface area (Å²) in [4.78, 5) is 6.18. The van der Waals surface area contributed by atoms with Crippen LogP contribution >= 0.6 is 11.3 Å².